The molecule has 3 aromatic rings. The van der Waals surface area contributed by atoms with Crippen LogP contribution in [0.1, 0.15) is 41.7 Å². The van der Waals surface area contributed by atoms with E-state index in [1.807, 2.05) is 23.6 Å². The Morgan fingerprint density at radius 2 is 2.04 bits per heavy atom. The summed E-state index contributed by atoms with van der Waals surface area (Å²) < 4.78 is 2.27. The van der Waals surface area contributed by atoms with E-state index in [2.05, 4.69) is 41.6 Å². The number of carbonyl (C=O) groups is 1. The van der Waals surface area contributed by atoms with Crippen LogP contribution >= 0.6 is 11.3 Å². The summed E-state index contributed by atoms with van der Waals surface area (Å²) in [5, 5.41) is 4.90. The zero-order valence-corrected chi connectivity index (χ0v) is 16.0. The standard InChI is InChI=1S/C21H25N3OS/c1-16(2)15-24-18-10-6-5-9-17(18)23-20(24)12-4-3-7-13-22-21(25)19-11-8-14-26-19/h5-6,8-11,14H,1,3-4,7,12-13,15H2,2H3,(H,22,25). The number of hydrogen-bond acceptors (Lipinski definition) is 3. The van der Waals surface area contributed by atoms with Crippen LogP contribution < -0.4 is 5.32 Å². The highest BCUT2D eigenvalue weighted by molar-refractivity contribution is 7.12. The lowest BCUT2D eigenvalue weighted by Crippen LogP contribution is -2.23. The molecule has 1 amide bonds. The molecule has 0 atom stereocenters. The summed E-state index contributed by atoms with van der Waals surface area (Å²) in [6.45, 7) is 7.63. The fourth-order valence-electron chi connectivity index (χ4n) is 3.04. The van der Waals surface area contributed by atoms with Crippen LogP contribution in [0.3, 0.4) is 0 Å². The van der Waals surface area contributed by atoms with Crippen molar-refractivity contribution in [2.24, 2.45) is 0 Å². The third-order valence-corrected chi connectivity index (χ3v) is 5.14. The topological polar surface area (TPSA) is 46.9 Å². The molecule has 0 bridgehead atoms. The molecule has 0 aliphatic rings. The number of para-hydroxylation sites is 2. The summed E-state index contributed by atoms with van der Waals surface area (Å²) in [5.41, 5.74) is 3.35. The Balaban J connectivity index is 1.48. The third-order valence-electron chi connectivity index (χ3n) is 4.27. The number of nitrogens with zero attached hydrogens (tertiary/aromatic N) is 2. The predicted molar refractivity (Wildman–Crippen MR) is 109 cm³/mol. The Morgan fingerprint density at radius 3 is 2.81 bits per heavy atom. The second-order valence-corrected chi connectivity index (χ2v) is 7.55. The Labute approximate surface area is 158 Å². The number of thiophene rings is 1. The van der Waals surface area contributed by atoms with E-state index in [-0.39, 0.29) is 5.91 Å². The highest BCUT2D eigenvalue weighted by atomic mass is 32.1. The molecule has 3 rings (SSSR count). The van der Waals surface area contributed by atoms with E-state index in [9.17, 15) is 4.79 Å². The first-order valence-corrected chi connectivity index (χ1v) is 9.93. The van der Waals surface area contributed by atoms with Gasteiger partial charge in [0.2, 0.25) is 0 Å². The van der Waals surface area contributed by atoms with E-state index in [1.54, 1.807) is 0 Å². The maximum atomic E-state index is 11.9. The van der Waals surface area contributed by atoms with Gasteiger partial charge in [-0.15, -0.1) is 11.3 Å². The lowest BCUT2D eigenvalue weighted by atomic mass is 10.2. The maximum absolute atomic E-state index is 11.9. The second-order valence-electron chi connectivity index (χ2n) is 6.60. The molecule has 0 saturated heterocycles. The predicted octanol–water partition coefficient (Wildman–Crippen LogP) is 4.82. The van der Waals surface area contributed by atoms with Crippen molar-refractivity contribution >= 4 is 28.3 Å². The fourth-order valence-corrected chi connectivity index (χ4v) is 3.68. The minimum Gasteiger partial charge on any atom is -0.351 e. The van der Waals surface area contributed by atoms with Crippen LogP contribution in [0.5, 0.6) is 0 Å². The van der Waals surface area contributed by atoms with Crippen molar-refractivity contribution in [3.05, 3.63) is 64.6 Å². The number of carbonyl (C=O) groups excluding carboxylic acids is 1. The minimum absolute atomic E-state index is 0.0308. The summed E-state index contributed by atoms with van der Waals surface area (Å²) in [5.74, 6) is 1.15. The van der Waals surface area contributed by atoms with Crippen LogP contribution in [-0.2, 0) is 13.0 Å². The molecule has 26 heavy (non-hydrogen) atoms. The Morgan fingerprint density at radius 1 is 1.19 bits per heavy atom. The second kappa shape index (κ2) is 8.81. The summed E-state index contributed by atoms with van der Waals surface area (Å²) in [6.07, 6.45) is 4.06. The Bertz CT molecular complexity index is 880. The minimum atomic E-state index is 0.0308. The smallest absolute Gasteiger partial charge is 0.261 e. The number of imidazole rings is 1. The van der Waals surface area contributed by atoms with Crippen molar-refractivity contribution in [3.8, 4) is 0 Å². The number of amides is 1. The Kier molecular flexibility index (Phi) is 6.23. The molecular weight excluding hydrogens is 342 g/mol. The first-order valence-electron chi connectivity index (χ1n) is 9.05. The van der Waals surface area contributed by atoms with Gasteiger partial charge in [-0.05, 0) is 43.3 Å². The van der Waals surface area contributed by atoms with E-state index in [4.69, 9.17) is 4.98 Å². The molecule has 0 unspecified atom stereocenters. The van der Waals surface area contributed by atoms with Crippen LogP contribution in [0.25, 0.3) is 11.0 Å². The van der Waals surface area contributed by atoms with E-state index >= 15 is 0 Å². The van der Waals surface area contributed by atoms with Crippen molar-refractivity contribution in [3.63, 3.8) is 0 Å². The SMILES string of the molecule is C=C(C)Cn1c(CCCCCNC(=O)c2cccs2)nc2ccccc21. The van der Waals surface area contributed by atoms with E-state index in [0.29, 0.717) is 0 Å². The summed E-state index contributed by atoms with van der Waals surface area (Å²) in [4.78, 5) is 17.5. The van der Waals surface area contributed by atoms with Crippen molar-refractivity contribution in [1.82, 2.24) is 14.9 Å². The number of benzene rings is 1. The van der Waals surface area contributed by atoms with E-state index in [0.717, 1.165) is 60.6 Å². The molecule has 4 nitrogen and oxygen atoms in total. The van der Waals surface area contributed by atoms with E-state index in [1.165, 1.54) is 16.9 Å². The van der Waals surface area contributed by atoms with Gasteiger partial charge in [-0.2, -0.15) is 0 Å². The zero-order valence-electron chi connectivity index (χ0n) is 15.2. The number of fused-ring (bicyclic) bond motifs is 1. The van der Waals surface area contributed by atoms with Crippen LogP contribution in [0.15, 0.2) is 53.9 Å². The molecular formula is C21H25N3OS. The van der Waals surface area contributed by atoms with Crippen molar-refractivity contribution < 1.29 is 4.79 Å². The lowest BCUT2D eigenvalue weighted by Gasteiger charge is -2.09. The van der Waals surface area contributed by atoms with Crippen LogP contribution in [0, 0.1) is 0 Å². The first-order chi connectivity index (χ1) is 12.6. The molecule has 2 heterocycles. The van der Waals surface area contributed by atoms with Crippen molar-refractivity contribution in [1.29, 1.82) is 0 Å². The van der Waals surface area contributed by atoms with E-state index < -0.39 is 0 Å². The number of rotatable bonds is 9. The number of unbranched alkanes of at least 4 members (excludes halogenated alkanes) is 2. The van der Waals surface area contributed by atoms with Gasteiger partial charge in [-0.3, -0.25) is 4.79 Å². The molecule has 1 N–H and O–H groups in total. The van der Waals surface area contributed by atoms with Crippen LogP contribution in [0.2, 0.25) is 0 Å². The Hall–Kier alpha value is -2.40. The van der Waals surface area contributed by atoms with Gasteiger partial charge in [0.25, 0.3) is 5.91 Å². The molecule has 0 fully saturated rings. The van der Waals surface area contributed by atoms with Crippen molar-refractivity contribution in [2.75, 3.05) is 6.54 Å². The number of allylic oxidation sites excluding steroid dienone is 1. The normalized spacial score (nSPS) is 11.0. The van der Waals surface area contributed by atoms with Gasteiger partial charge in [-0.1, -0.05) is 36.8 Å². The molecule has 1 aromatic carbocycles. The third kappa shape index (κ3) is 4.61. The molecule has 5 heteroatoms. The van der Waals surface area contributed by atoms with Gasteiger partial charge in [0.1, 0.15) is 5.82 Å². The van der Waals surface area contributed by atoms with Gasteiger partial charge in [0.05, 0.1) is 15.9 Å². The maximum Gasteiger partial charge on any atom is 0.261 e. The number of nitrogens with one attached hydrogen (secondary N) is 1. The highest BCUT2D eigenvalue weighted by Crippen LogP contribution is 2.19. The molecule has 2 aromatic heterocycles. The monoisotopic (exact) mass is 367 g/mol. The molecule has 0 aliphatic heterocycles. The quantitative estimate of drug-likeness (QED) is 0.435. The van der Waals surface area contributed by atoms with Gasteiger partial charge < -0.3 is 9.88 Å². The van der Waals surface area contributed by atoms with Crippen LogP contribution in [-0.4, -0.2) is 22.0 Å². The molecule has 0 saturated carbocycles. The summed E-state index contributed by atoms with van der Waals surface area (Å²) >= 11 is 1.47. The molecule has 0 aliphatic carbocycles. The van der Waals surface area contributed by atoms with Crippen molar-refractivity contribution in [2.45, 2.75) is 39.2 Å². The largest absolute Gasteiger partial charge is 0.351 e. The lowest BCUT2D eigenvalue weighted by molar-refractivity contribution is 0.0957. The summed E-state index contributed by atoms with van der Waals surface area (Å²) in [6, 6.07) is 12.0. The first kappa shape index (κ1) is 18.4. The molecule has 0 spiro atoms. The number of hydrogen-bond donors (Lipinski definition) is 1. The average molecular weight is 368 g/mol. The fraction of sp³-hybridized carbons (Fsp3) is 0.333. The molecule has 136 valence electrons. The van der Waals surface area contributed by atoms with Crippen LogP contribution in [0.4, 0.5) is 0 Å². The van der Waals surface area contributed by atoms with Gasteiger partial charge in [-0.25, -0.2) is 4.98 Å². The summed E-state index contributed by atoms with van der Waals surface area (Å²) in [7, 11) is 0. The molecule has 0 radical (unpaired) electrons. The highest BCUT2D eigenvalue weighted by Gasteiger charge is 2.10. The van der Waals surface area contributed by atoms with Gasteiger partial charge in [0, 0.05) is 19.5 Å². The van der Waals surface area contributed by atoms with Gasteiger partial charge >= 0.3 is 0 Å². The number of aromatic nitrogens is 2. The number of aryl methyl sites for hydroxylation is 1. The van der Waals surface area contributed by atoms with Gasteiger partial charge in [0.15, 0.2) is 0 Å². The average Bonchev–Trinajstić information content (AvgIpc) is 3.26. The zero-order chi connectivity index (χ0) is 18.4.